The van der Waals surface area contributed by atoms with Crippen molar-refractivity contribution in [3.8, 4) is 0 Å². The van der Waals surface area contributed by atoms with Crippen LogP contribution in [0.25, 0.3) is 0 Å². The molecule has 0 aliphatic rings. The highest BCUT2D eigenvalue weighted by Crippen LogP contribution is 2.19. The van der Waals surface area contributed by atoms with Gasteiger partial charge in [0.2, 0.25) is 0 Å². The van der Waals surface area contributed by atoms with Gasteiger partial charge in [0.05, 0.1) is 21.1 Å². The molecule has 0 aromatic carbocycles. The summed E-state index contributed by atoms with van der Waals surface area (Å²) in [4.78, 5) is 22.2. The third kappa shape index (κ3) is 4.62. The van der Waals surface area contributed by atoms with Crippen LogP contribution in [-0.2, 0) is 9.59 Å². The molecule has 5 heteroatoms. The molecule has 0 bridgehead atoms. The lowest BCUT2D eigenvalue weighted by Crippen LogP contribution is -2.44. The van der Waals surface area contributed by atoms with Crippen molar-refractivity contribution in [1.82, 2.24) is 0 Å². The van der Waals surface area contributed by atoms with Gasteiger partial charge in [0.25, 0.3) is 0 Å². The fraction of sp³-hybridized carbons (Fsp3) is 0.800. The van der Waals surface area contributed by atoms with Gasteiger partial charge in [-0.15, -0.1) is 0 Å². The van der Waals surface area contributed by atoms with E-state index in [1.807, 2.05) is 21.1 Å². The van der Waals surface area contributed by atoms with E-state index >= 15 is 0 Å². The lowest BCUT2D eigenvalue weighted by Gasteiger charge is -2.30. The topological polar surface area (TPSA) is 54.4 Å². The van der Waals surface area contributed by atoms with E-state index in [1.54, 1.807) is 6.92 Å². The smallest absolute Gasteiger partial charge is 0.314 e. The maximum Gasteiger partial charge on any atom is 0.314 e. The van der Waals surface area contributed by atoms with Crippen molar-refractivity contribution in [1.29, 1.82) is 0 Å². The molecule has 0 amide bonds. The molecule has 0 heterocycles. The van der Waals surface area contributed by atoms with Gasteiger partial charge in [-0.2, -0.15) is 0 Å². The summed E-state index contributed by atoms with van der Waals surface area (Å²) in [6, 6.07) is 0. The van der Waals surface area contributed by atoms with Crippen LogP contribution < -0.4 is 0 Å². The van der Waals surface area contributed by atoms with Crippen LogP contribution in [0.5, 0.6) is 0 Å². The van der Waals surface area contributed by atoms with Crippen LogP contribution in [0.1, 0.15) is 19.8 Å². The average molecular weight is 237 g/mol. The van der Waals surface area contributed by atoms with Crippen LogP contribution in [0.2, 0.25) is 0 Å². The van der Waals surface area contributed by atoms with Crippen LogP contribution >= 0.6 is 11.6 Å². The van der Waals surface area contributed by atoms with E-state index in [4.69, 9.17) is 16.7 Å². The maximum atomic E-state index is 11.4. The molecule has 0 aliphatic carbocycles. The summed E-state index contributed by atoms with van der Waals surface area (Å²) >= 11 is 6.05. The standard InChI is InChI=1S/C10H18ClNO3/c1-5-8(13)7(10(14)15)6-9(11)12(2,3)4/h7,9H,5-6H2,1-4H3/p+1/t7-,9+/m1/s1. The first kappa shape index (κ1) is 14.4. The molecule has 4 nitrogen and oxygen atoms in total. The Hall–Kier alpha value is -0.610. The Labute approximate surface area is 95.4 Å². The zero-order chi connectivity index (χ0) is 12.2. The van der Waals surface area contributed by atoms with Gasteiger partial charge in [0.15, 0.2) is 5.50 Å². The molecule has 1 N–H and O–H groups in total. The normalized spacial score (nSPS) is 15.8. The molecule has 0 radical (unpaired) electrons. The second kappa shape index (κ2) is 5.47. The monoisotopic (exact) mass is 236 g/mol. The number of carboxylic acid groups (broad SMARTS) is 1. The van der Waals surface area contributed by atoms with E-state index in [2.05, 4.69) is 0 Å². The maximum absolute atomic E-state index is 11.4. The Bertz CT molecular complexity index is 248. The molecular formula is C10H19ClNO3+. The van der Waals surface area contributed by atoms with E-state index in [-0.39, 0.29) is 24.1 Å². The minimum Gasteiger partial charge on any atom is -0.481 e. The molecule has 15 heavy (non-hydrogen) atoms. The number of Topliss-reactive ketones (excluding diaryl/α,β-unsaturated/α-hetero) is 1. The summed E-state index contributed by atoms with van der Waals surface area (Å²) in [5, 5.41) is 8.90. The number of hydrogen-bond acceptors (Lipinski definition) is 2. The summed E-state index contributed by atoms with van der Waals surface area (Å²) in [6.45, 7) is 1.66. The molecule has 2 atom stereocenters. The van der Waals surface area contributed by atoms with Gasteiger partial charge in [-0.3, -0.25) is 9.59 Å². The number of carbonyl (C=O) groups is 2. The van der Waals surface area contributed by atoms with Gasteiger partial charge in [-0.1, -0.05) is 18.5 Å². The van der Waals surface area contributed by atoms with Gasteiger partial charge in [-0.25, -0.2) is 0 Å². The molecule has 0 saturated carbocycles. The molecule has 0 fully saturated rings. The van der Waals surface area contributed by atoms with Crippen LogP contribution in [0.15, 0.2) is 0 Å². The third-order valence-corrected chi connectivity index (χ3v) is 3.07. The van der Waals surface area contributed by atoms with Gasteiger partial charge in [0, 0.05) is 12.8 Å². The highest BCUT2D eigenvalue weighted by Gasteiger charge is 2.32. The number of rotatable bonds is 6. The lowest BCUT2D eigenvalue weighted by atomic mass is 9.98. The molecule has 0 spiro atoms. The Morgan fingerprint density at radius 3 is 2.07 bits per heavy atom. The quantitative estimate of drug-likeness (QED) is 0.328. The summed E-state index contributed by atoms with van der Waals surface area (Å²) in [6.07, 6.45) is 0.408. The van der Waals surface area contributed by atoms with Gasteiger partial charge < -0.3 is 9.59 Å². The van der Waals surface area contributed by atoms with Crippen LogP contribution in [0.3, 0.4) is 0 Å². The minimum absolute atomic E-state index is 0.174. The molecule has 0 aromatic rings. The number of aliphatic carboxylic acids is 1. The molecule has 88 valence electrons. The lowest BCUT2D eigenvalue weighted by molar-refractivity contribution is -0.883. The second-order valence-corrected chi connectivity index (χ2v) is 5.00. The van der Waals surface area contributed by atoms with Gasteiger partial charge in [-0.05, 0) is 0 Å². The van der Waals surface area contributed by atoms with Crippen molar-refractivity contribution < 1.29 is 19.2 Å². The van der Waals surface area contributed by atoms with Crippen LogP contribution in [-0.4, -0.2) is 48.0 Å². The van der Waals surface area contributed by atoms with E-state index in [9.17, 15) is 9.59 Å². The van der Waals surface area contributed by atoms with Crippen molar-refractivity contribution in [2.45, 2.75) is 25.3 Å². The zero-order valence-electron chi connectivity index (χ0n) is 9.66. The first-order valence-electron chi connectivity index (χ1n) is 4.90. The summed E-state index contributed by atoms with van der Waals surface area (Å²) < 4.78 is 0.433. The Morgan fingerprint density at radius 2 is 1.80 bits per heavy atom. The predicted molar refractivity (Wildman–Crippen MR) is 58.7 cm³/mol. The van der Waals surface area contributed by atoms with Crippen molar-refractivity contribution in [3.05, 3.63) is 0 Å². The van der Waals surface area contributed by atoms with Crippen molar-refractivity contribution in [3.63, 3.8) is 0 Å². The van der Waals surface area contributed by atoms with Crippen LogP contribution in [0.4, 0.5) is 0 Å². The average Bonchev–Trinajstić information content (AvgIpc) is 2.10. The van der Waals surface area contributed by atoms with E-state index in [0.717, 1.165) is 0 Å². The number of carboxylic acids is 1. The number of carbonyl (C=O) groups excluding carboxylic acids is 1. The predicted octanol–water partition coefficient (Wildman–Crippen LogP) is 1.33. The number of nitrogens with zero attached hydrogens (tertiary/aromatic N) is 1. The van der Waals surface area contributed by atoms with Crippen molar-refractivity contribution >= 4 is 23.4 Å². The first-order chi connectivity index (χ1) is 6.70. The molecule has 0 saturated heterocycles. The van der Waals surface area contributed by atoms with Crippen LogP contribution in [0, 0.1) is 5.92 Å². The molecule has 0 unspecified atom stereocenters. The number of alkyl halides is 1. The molecule has 0 aromatic heterocycles. The zero-order valence-corrected chi connectivity index (χ0v) is 10.4. The van der Waals surface area contributed by atoms with Crippen molar-refractivity contribution in [2.24, 2.45) is 5.92 Å². The first-order valence-corrected chi connectivity index (χ1v) is 5.34. The Balaban J connectivity index is 4.57. The largest absolute Gasteiger partial charge is 0.481 e. The Kier molecular flexibility index (Phi) is 5.24. The summed E-state index contributed by atoms with van der Waals surface area (Å²) in [5.74, 6) is -2.32. The summed E-state index contributed by atoms with van der Waals surface area (Å²) in [7, 11) is 5.60. The number of ketones is 1. The van der Waals surface area contributed by atoms with E-state index in [0.29, 0.717) is 4.48 Å². The fourth-order valence-corrected chi connectivity index (χ4v) is 1.31. The van der Waals surface area contributed by atoms with Gasteiger partial charge >= 0.3 is 5.97 Å². The molecule has 0 rings (SSSR count). The number of hydrogen-bond donors (Lipinski definition) is 1. The second-order valence-electron chi connectivity index (χ2n) is 4.50. The van der Waals surface area contributed by atoms with Gasteiger partial charge in [0.1, 0.15) is 11.7 Å². The SMILES string of the molecule is CCC(=O)[C@@H](C[C@@H](Cl)[N+](C)(C)C)C(=O)O. The minimum atomic E-state index is -1.08. The number of quaternary nitrogens is 1. The van der Waals surface area contributed by atoms with E-state index < -0.39 is 11.9 Å². The fourth-order valence-electron chi connectivity index (χ4n) is 1.13. The molecular weight excluding hydrogens is 218 g/mol. The Morgan fingerprint density at radius 1 is 1.33 bits per heavy atom. The third-order valence-electron chi connectivity index (χ3n) is 2.31. The van der Waals surface area contributed by atoms with Crippen molar-refractivity contribution in [2.75, 3.05) is 21.1 Å². The summed E-state index contributed by atoms with van der Waals surface area (Å²) in [5.41, 5.74) is -0.374. The number of halogens is 1. The molecule has 0 aliphatic heterocycles. The highest BCUT2D eigenvalue weighted by molar-refractivity contribution is 6.20. The van der Waals surface area contributed by atoms with E-state index in [1.165, 1.54) is 0 Å². The highest BCUT2D eigenvalue weighted by atomic mass is 35.5.